The maximum absolute atomic E-state index is 12.1. The smallest absolute Gasteiger partial charge is 0.231 e. The third kappa shape index (κ3) is 4.68. The van der Waals surface area contributed by atoms with Crippen molar-refractivity contribution >= 4 is 28.4 Å². The first-order valence-electron chi connectivity index (χ1n) is 10.4. The van der Waals surface area contributed by atoms with Gasteiger partial charge in [0.2, 0.25) is 5.91 Å². The van der Waals surface area contributed by atoms with Gasteiger partial charge < -0.3 is 5.32 Å². The highest BCUT2D eigenvalue weighted by Crippen LogP contribution is 2.28. The summed E-state index contributed by atoms with van der Waals surface area (Å²) in [5.74, 6) is 3.35. The molecule has 4 aromatic rings. The number of hydrogen-bond donors (Lipinski definition) is 1. The number of nitrogens with one attached hydrogen (secondary N) is 1. The van der Waals surface area contributed by atoms with Gasteiger partial charge in [0.25, 0.3) is 0 Å². The van der Waals surface area contributed by atoms with Crippen LogP contribution >= 0.6 is 11.8 Å². The van der Waals surface area contributed by atoms with Crippen LogP contribution in [0.2, 0.25) is 0 Å². The fourth-order valence-corrected chi connectivity index (χ4v) is 4.55. The summed E-state index contributed by atoms with van der Waals surface area (Å²) >= 11 is 1.36. The van der Waals surface area contributed by atoms with E-state index in [4.69, 9.17) is 6.42 Å². The third-order valence-electron chi connectivity index (χ3n) is 5.24. The molecule has 1 N–H and O–H groups in total. The second-order valence-corrected chi connectivity index (χ2v) is 8.55. The topological polar surface area (TPSA) is 59.8 Å². The lowest BCUT2D eigenvalue weighted by Gasteiger charge is -2.14. The van der Waals surface area contributed by atoms with Crippen LogP contribution in [0.25, 0.3) is 16.5 Å². The van der Waals surface area contributed by atoms with Crippen molar-refractivity contribution in [1.82, 2.24) is 20.1 Å². The number of benzene rings is 3. The van der Waals surface area contributed by atoms with Crippen molar-refractivity contribution in [2.24, 2.45) is 0 Å². The summed E-state index contributed by atoms with van der Waals surface area (Å²) in [6.07, 6.45) is 5.86. The first kappa shape index (κ1) is 21.7. The highest BCUT2D eigenvalue weighted by molar-refractivity contribution is 7.99. The Hall–Kier alpha value is -3.56. The highest BCUT2D eigenvalue weighted by atomic mass is 32.2. The molecule has 3 aromatic carbocycles. The minimum Gasteiger partial charge on any atom is -0.344 e. The van der Waals surface area contributed by atoms with Gasteiger partial charge in [-0.2, -0.15) is 0 Å². The SMILES string of the molecule is C#CCNC(=O)CSc1nnc(Cc2cccc3ccccc23)n1-c1ccc(C)cc1C. The number of nitrogens with zero attached hydrogens (tertiary/aromatic N) is 3. The van der Waals surface area contributed by atoms with Crippen molar-refractivity contribution in [2.75, 3.05) is 12.3 Å². The monoisotopic (exact) mass is 440 g/mol. The van der Waals surface area contributed by atoms with Crippen LogP contribution in [0.5, 0.6) is 0 Å². The molecule has 1 heterocycles. The second kappa shape index (κ2) is 9.71. The van der Waals surface area contributed by atoms with E-state index >= 15 is 0 Å². The minimum atomic E-state index is -0.126. The quantitative estimate of drug-likeness (QED) is 0.340. The molecule has 5 nitrogen and oxygen atoms in total. The van der Waals surface area contributed by atoms with Crippen LogP contribution in [0.15, 0.2) is 65.8 Å². The zero-order chi connectivity index (χ0) is 22.5. The number of carbonyl (C=O) groups excluding carboxylic acids is 1. The van der Waals surface area contributed by atoms with E-state index in [0.29, 0.717) is 11.6 Å². The van der Waals surface area contributed by atoms with E-state index in [1.54, 1.807) is 0 Å². The van der Waals surface area contributed by atoms with E-state index in [-0.39, 0.29) is 18.2 Å². The van der Waals surface area contributed by atoms with Gasteiger partial charge in [0.1, 0.15) is 5.82 Å². The predicted octanol–water partition coefficient (Wildman–Crippen LogP) is 4.47. The van der Waals surface area contributed by atoms with Crippen LogP contribution in [0, 0.1) is 26.2 Å². The molecular formula is C26H24N4OS. The van der Waals surface area contributed by atoms with E-state index < -0.39 is 0 Å². The number of fused-ring (bicyclic) bond motifs is 1. The largest absolute Gasteiger partial charge is 0.344 e. The van der Waals surface area contributed by atoms with Crippen LogP contribution in [0.3, 0.4) is 0 Å². The lowest BCUT2D eigenvalue weighted by Crippen LogP contribution is -2.25. The Balaban J connectivity index is 1.73. The zero-order valence-electron chi connectivity index (χ0n) is 18.1. The molecule has 160 valence electrons. The number of carbonyl (C=O) groups is 1. The van der Waals surface area contributed by atoms with Crippen LogP contribution in [0.4, 0.5) is 0 Å². The molecule has 0 aliphatic carbocycles. The van der Waals surface area contributed by atoms with Crippen LogP contribution in [0.1, 0.15) is 22.5 Å². The standard InChI is InChI=1S/C26H24N4OS/c1-4-14-27-25(31)17-32-26-29-28-24(30(26)23-13-12-18(2)15-19(23)3)16-21-10-7-9-20-8-5-6-11-22(20)21/h1,5-13,15H,14,16-17H2,2-3H3,(H,27,31). The number of aryl methyl sites for hydroxylation is 2. The normalized spacial score (nSPS) is 10.8. The van der Waals surface area contributed by atoms with E-state index in [9.17, 15) is 4.79 Å². The van der Waals surface area contributed by atoms with Crippen molar-refractivity contribution in [3.05, 3.63) is 83.2 Å². The van der Waals surface area contributed by atoms with Crippen molar-refractivity contribution in [1.29, 1.82) is 0 Å². The molecule has 1 amide bonds. The molecule has 0 bridgehead atoms. The van der Waals surface area contributed by atoms with Gasteiger partial charge >= 0.3 is 0 Å². The van der Waals surface area contributed by atoms with Gasteiger partial charge in [-0.15, -0.1) is 16.6 Å². The second-order valence-electron chi connectivity index (χ2n) is 7.61. The highest BCUT2D eigenvalue weighted by Gasteiger charge is 2.18. The van der Waals surface area contributed by atoms with Gasteiger partial charge in [-0.1, -0.05) is 77.8 Å². The average molecular weight is 441 g/mol. The molecule has 0 fully saturated rings. The number of terminal acetylenes is 1. The summed E-state index contributed by atoms with van der Waals surface area (Å²) in [4.78, 5) is 12.1. The molecule has 0 saturated carbocycles. The molecule has 6 heteroatoms. The van der Waals surface area contributed by atoms with Gasteiger partial charge in [0, 0.05) is 6.42 Å². The molecule has 1 aromatic heterocycles. The van der Waals surface area contributed by atoms with Crippen LogP contribution < -0.4 is 5.32 Å². The van der Waals surface area contributed by atoms with Crippen molar-refractivity contribution in [3.8, 4) is 18.0 Å². The van der Waals surface area contributed by atoms with Gasteiger partial charge in [0.05, 0.1) is 18.0 Å². The zero-order valence-corrected chi connectivity index (χ0v) is 18.9. The Bertz CT molecular complexity index is 1310. The van der Waals surface area contributed by atoms with Gasteiger partial charge in [-0.25, -0.2) is 0 Å². The summed E-state index contributed by atoms with van der Waals surface area (Å²) in [5.41, 5.74) is 4.52. The summed E-state index contributed by atoms with van der Waals surface area (Å²) in [6.45, 7) is 4.37. The Labute approximate surface area is 192 Å². The third-order valence-corrected chi connectivity index (χ3v) is 6.17. The number of rotatable bonds is 7. The maximum Gasteiger partial charge on any atom is 0.231 e. The van der Waals surface area contributed by atoms with Crippen molar-refractivity contribution in [3.63, 3.8) is 0 Å². The van der Waals surface area contributed by atoms with Crippen molar-refractivity contribution in [2.45, 2.75) is 25.4 Å². The van der Waals surface area contributed by atoms with E-state index in [1.165, 1.54) is 33.7 Å². The molecule has 0 aliphatic heterocycles. The van der Waals surface area contributed by atoms with E-state index in [1.807, 2.05) is 6.07 Å². The predicted molar refractivity (Wildman–Crippen MR) is 130 cm³/mol. The molecular weight excluding hydrogens is 416 g/mol. The number of amides is 1. The summed E-state index contributed by atoms with van der Waals surface area (Å²) in [7, 11) is 0. The maximum atomic E-state index is 12.1. The molecule has 0 unspecified atom stereocenters. The Kier molecular flexibility index (Phi) is 6.58. The minimum absolute atomic E-state index is 0.126. The average Bonchev–Trinajstić information content (AvgIpc) is 3.18. The molecule has 0 radical (unpaired) electrons. The fourth-order valence-electron chi connectivity index (χ4n) is 3.75. The Morgan fingerprint density at radius 3 is 2.72 bits per heavy atom. The number of thioether (sulfide) groups is 1. The first-order valence-corrected chi connectivity index (χ1v) is 11.4. The van der Waals surface area contributed by atoms with Gasteiger partial charge in [0.15, 0.2) is 5.16 Å². The van der Waals surface area contributed by atoms with E-state index in [2.05, 4.69) is 94.4 Å². The molecule has 0 saturated heterocycles. The number of hydrogen-bond acceptors (Lipinski definition) is 4. The fraction of sp³-hybridized carbons (Fsp3) is 0.192. The Morgan fingerprint density at radius 2 is 1.91 bits per heavy atom. The summed E-state index contributed by atoms with van der Waals surface area (Å²) < 4.78 is 2.07. The molecule has 4 rings (SSSR count). The summed E-state index contributed by atoms with van der Waals surface area (Å²) in [5, 5.41) is 14.7. The van der Waals surface area contributed by atoms with Crippen LogP contribution in [-0.4, -0.2) is 33.0 Å². The summed E-state index contributed by atoms with van der Waals surface area (Å²) in [6, 6.07) is 21.0. The van der Waals surface area contributed by atoms with Crippen molar-refractivity contribution < 1.29 is 4.79 Å². The van der Waals surface area contributed by atoms with Gasteiger partial charge in [-0.05, 0) is 41.8 Å². The molecule has 0 spiro atoms. The lowest BCUT2D eigenvalue weighted by molar-refractivity contribution is -0.118. The number of aromatic nitrogens is 3. The van der Waals surface area contributed by atoms with Gasteiger partial charge in [-0.3, -0.25) is 9.36 Å². The first-order chi connectivity index (χ1) is 15.6. The molecule has 32 heavy (non-hydrogen) atoms. The molecule has 0 atom stereocenters. The van der Waals surface area contributed by atoms with Crippen LogP contribution in [-0.2, 0) is 11.2 Å². The lowest BCUT2D eigenvalue weighted by atomic mass is 10.0. The Morgan fingerprint density at radius 1 is 1.09 bits per heavy atom. The van der Waals surface area contributed by atoms with E-state index in [0.717, 1.165) is 17.1 Å². The molecule has 0 aliphatic rings.